The molecule has 1 saturated heterocycles. The number of urea groups is 1. The summed E-state index contributed by atoms with van der Waals surface area (Å²) in [5.74, 6) is -0.848. The van der Waals surface area contributed by atoms with Gasteiger partial charge in [-0.3, -0.25) is 24.8 Å². The fourth-order valence-electron chi connectivity index (χ4n) is 2.78. The van der Waals surface area contributed by atoms with Gasteiger partial charge in [-0.05, 0) is 31.9 Å². The minimum atomic E-state index is -1.03. The summed E-state index contributed by atoms with van der Waals surface area (Å²) in [6.45, 7) is 1.74. The zero-order chi connectivity index (χ0) is 14.3. The lowest BCUT2D eigenvalue weighted by atomic mass is 9.66. The molecule has 20 heavy (non-hydrogen) atoms. The van der Waals surface area contributed by atoms with Gasteiger partial charge in [-0.2, -0.15) is 0 Å². The van der Waals surface area contributed by atoms with Gasteiger partial charge in [0.05, 0.1) is 11.7 Å². The van der Waals surface area contributed by atoms with E-state index in [1.54, 1.807) is 31.3 Å². The molecule has 1 aromatic rings. The fraction of sp³-hybridized carbons (Fsp3) is 0.429. The summed E-state index contributed by atoms with van der Waals surface area (Å²) in [5, 5.41) is 2.30. The molecule has 2 heterocycles. The van der Waals surface area contributed by atoms with Gasteiger partial charge in [-0.15, -0.1) is 0 Å². The molecule has 1 aromatic heterocycles. The Balaban J connectivity index is 1.94. The van der Waals surface area contributed by atoms with Gasteiger partial charge < -0.3 is 0 Å². The van der Waals surface area contributed by atoms with E-state index in [2.05, 4.69) is 10.3 Å². The molecule has 1 spiro atoms. The van der Waals surface area contributed by atoms with E-state index in [0.717, 1.165) is 11.3 Å². The normalized spacial score (nSPS) is 22.4. The zero-order valence-corrected chi connectivity index (χ0v) is 11.1. The Morgan fingerprint density at radius 2 is 2.05 bits per heavy atom. The molecule has 0 aromatic carbocycles. The summed E-state index contributed by atoms with van der Waals surface area (Å²) in [7, 11) is 0. The van der Waals surface area contributed by atoms with E-state index in [0.29, 0.717) is 18.5 Å². The predicted octanol–water partition coefficient (Wildman–Crippen LogP) is 1.39. The van der Waals surface area contributed by atoms with Crippen LogP contribution in [-0.2, 0) is 9.59 Å². The van der Waals surface area contributed by atoms with Crippen LogP contribution in [0.3, 0.4) is 0 Å². The highest BCUT2D eigenvalue weighted by Crippen LogP contribution is 2.45. The number of nitrogens with one attached hydrogen (secondary N) is 1. The van der Waals surface area contributed by atoms with Crippen molar-refractivity contribution in [3.8, 4) is 0 Å². The first kappa shape index (κ1) is 12.8. The molecule has 2 fully saturated rings. The van der Waals surface area contributed by atoms with Crippen LogP contribution in [0.5, 0.6) is 0 Å². The van der Waals surface area contributed by atoms with Crippen LogP contribution in [0.25, 0.3) is 0 Å². The van der Waals surface area contributed by atoms with Crippen LogP contribution in [-0.4, -0.2) is 27.7 Å². The average Bonchev–Trinajstić information content (AvgIpc) is 2.37. The molecule has 1 atom stereocenters. The van der Waals surface area contributed by atoms with E-state index in [4.69, 9.17) is 0 Å². The Hall–Kier alpha value is -2.24. The summed E-state index contributed by atoms with van der Waals surface area (Å²) in [5.41, 5.74) is -0.406. The number of hydrogen-bond acceptors (Lipinski definition) is 4. The molecule has 0 bridgehead atoms. The summed E-state index contributed by atoms with van der Waals surface area (Å²) in [4.78, 5) is 41.8. The van der Waals surface area contributed by atoms with E-state index in [-0.39, 0.29) is 0 Å². The monoisotopic (exact) mass is 273 g/mol. The van der Waals surface area contributed by atoms with Crippen LogP contribution in [0.1, 0.15) is 37.9 Å². The van der Waals surface area contributed by atoms with E-state index in [1.807, 2.05) is 0 Å². The maximum absolute atomic E-state index is 12.6. The lowest BCUT2D eigenvalue weighted by molar-refractivity contribution is -0.159. The Labute approximate surface area is 116 Å². The number of carbonyl (C=O) groups is 3. The molecule has 1 aliphatic carbocycles. The number of pyridine rings is 1. The van der Waals surface area contributed by atoms with Crippen molar-refractivity contribution < 1.29 is 14.4 Å². The second-order valence-electron chi connectivity index (χ2n) is 5.30. The van der Waals surface area contributed by atoms with Crippen molar-refractivity contribution in [3.05, 3.63) is 30.1 Å². The van der Waals surface area contributed by atoms with Crippen molar-refractivity contribution in [1.29, 1.82) is 0 Å². The predicted molar refractivity (Wildman–Crippen MR) is 69.3 cm³/mol. The van der Waals surface area contributed by atoms with Crippen molar-refractivity contribution in [2.45, 2.75) is 32.2 Å². The van der Waals surface area contributed by atoms with E-state index in [1.165, 1.54) is 0 Å². The highest BCUT2D eigenvalue weighted by atomic mass is 16.2. The second-order valence-corrected chi connectivity index (χ2v) is 5.30. The lowest BCUT2D eigenvalue weighted by Crippen LogP contribution is -2.66. The molecule has 1 N–H and O–H groups in total. The lowest BCUT2D eigenvalue weighted by Gasteiger charge is -2.45. The number of carbonyl (C=O) groups excluding carboxylic acids is 3. The minimum Gasteiger partial charge on any atom is -0.277 e. The second kappa shape index (κ2) is 4.40. The number of barbiturate groups is 1. The highest BCUT2D eigenvalue weighted by molar-refractivity contribution is 6.19. The van der Waals surface area contributed by atoms with Crippen molar-refractivity contribution in [1.82, 2.24) is 15.2 Å². The largest absolute Gasteiger partial charge is 0.331 e. The molecule has 2 aliphatic rings. The topological polar surface area (TPSA) is 79.4 Å². The molecule has 4 amide bonds. The molecule has 3 rings (SSSR count). The van der Waals surface area contributed by atoms with Crippen LogP contribution >= 0.6 is 0 Å². The third-order valence-electron chi connectivity index (χ3n) is 4.21. The fourth-order valence-corrected chi connectivity index (χ4v) is 2.78. The molecule has 104 valence electrons. The molecule has 0 radical (unpaired) electrons. The smallest absolute Gasteiger partial charge is 0.277 e. The van der Waals surface area contributed by atoms with E-state index >= 15 is 0 Å². The Morgan fingerprint density at radius 3 is 2.60 bits per heavy atom. The minimum absolute atomic E-state index is 0.393. The van der Waals surface area contributed by atoms with Gasteiger partial charge in [0.1, 0.15) is 5.41 Å². The molecular weight excluding hydrogens is 258 g/mol. The van der Waals surface area contributed by atoms with Crippen molar-refractivity contribution >= 4 is 17.8 Å². The van der Waals surface area contributed by atoms with Gasteiger partial charge in [0.2, 0.25) is 11.8 Å². The Bertz CT molecular complexity index is 581. The van der Waals surface area contributed by atoms with Crippen LogP contribution in [0.2, 0.25) is 0 Å². The number of amides is 4. The third kappa shape index (κ3) is 1.64. The van der Waals surface area contributed by atoms with Gasteiger partial charge in [-0.25, -0.2) is 4.79 Å². The highest BCUT2D eigenvalue weighted by Gasteiger charge is 2.58. The Kier molecular flexibility index (Phi) is 2.81. The van der Waals surface area contributed by atoms with Gasteiger partial charge in [0, 0.05) is 6.20 Å². The summed E-state index contributed by atoms with van der Waals surface area (Å²) in [6, 6.07) is 4.18. The molecule has 6 nitrogen and oxygen atoms in total. The molecule has 1 aliphatic heterocycles. The quantitative estimate of drug-likeness (QED) is 0.826. The van der Waals surface area contributed by atoms with Crippen molar-refractivity contribution in [3.63, 3.8) is 0 Å². The standard InChI is InChI=1S/C14H15N3O3/c1-9(10-5-2-3-8-15-10)17-12(19)14(6-4-7-14)11(18)16-13(17)20/h2-3,5,8-9H,4,6-7H2,1H3,(H,16,18,20). The first-order valence-electron chi connectivity index (χ1n) is 6.66. The van der Waals surface area contributed by atoms with Gasteiger partial charge in [0.25, 0.3) is 0 Å². The number of nitrogens with zero attached hydrogens (tertiary/aromatic N) is 2. The SMILES string of the molecule is CC(c1ccccn1)N1C(=O)NC(=O)C2(CCC2)C1=O. The summed E-state index contributed by atoms with van der Waals surface area (Å²) < 4.78 is 0. The number of rotatable bonds is 2. The van der Waals surface area contributed by atoms with Crippen LogP contribution in [0.4, 0.5) is 4.79 Å². The molecule has 1 unspecified atom stereocenters. The van der Waals surface area contributed by atoms with Crippen LogP contribution in [0.15, 0.2) is 24.4 Å². The molecule has 6 heteroatoms. The maximum atomic E-state index is 12.6. The van der Waals surface area contributed by atoms with Gasteiger partial charge in [-0.1, -0.05) is 12.5 Å². The first-order valence-corrected chi connectivity index (χ1v) is 6.66. The molecular formula is C14H15N3O3. The summed E-state index contributed by atoms with van der Waals surface area (Å²) in [6.07, 6.45) is 3.47. The average molecular weight is 273 g/mol. The van der Waals surface area contributed by atoms with E-state index < -0.39 is 29.3 Å². The summed E-state index contributed by atoms with van der Waals surface area (Å²) >= 11 is 0. The van der Waals surface area contributed by atoms with Crippen LogP contribution < -0.4 is 5.32 Å². The maximum Gasteiger partial charge on any atom is 0.331 e. The Morgan fingerprint density at radius 1 is 1.30 bits per heavy atom. The van der Waals surface area contributed by atoms with Gasteiger partial charge >= 0.3 is 6.03 Å². The van der Waals surface area contributed by atoms with Crippen molar-refractivity contribution in [2.75, 3.05) is 0 Å². The van der Waals surface area contributed by atoms with Crippen molar-refractivity contribution in [2.24, 2.45) is 5.41 Å². The molecule has 1 saturated carbocycles. The number of imide groups is 2. The van der Waals surface area contributed by atoms with E-state index in [9.17, 15) is 14.4 Å². The number of aromatic nitrogens is 1. The van der Waals surface area contributed by atoms with Crippen LogP contribution in [0, 0.1) is 5.41 Å². The van der Waals surface area contributed by atoms with Gasteiger partial charge in [0.15, 0.2) is 0 Å². The third-order valence-corrected chi connectivity index (χ3v) is 4.21. The number of hydrogen-bond donors (Lipinski definition) is 1. The zero-order valence-electron chi connectivity index (χ0n) is 11.1. The first-order chi connectivity index (χ1) is 9.56.